The van der Waals surface area contributed by atoms with Crippen LogP contribution >= 0.6 is 11.3 Å². The van der Waals surface area contributed by atoms with Gasteiger partial charge in [-0.15, -0.1) is 15.7 Å². The van der Waals surface area contributed by atoms with Crippen molar-refractivity contribution in [2.24, 2.45) is 4.40 Å². The average molecular weight is 349 g/mol. The zero-order valence-electron chi connectivity index (χ0n) is 11.9. The number of methoxy groups -OCH3 is 1. The Bertz CT molecular complexity index is 915. The van der Waals surface area contributed by atoms with Crippen molar-refractivity contribution in [3.05, 3.63) is 47.5 Å². The van der Waals surface area contributed by atoms with Crippen LogP contribution in [0.3, 0.4) is 0 Å². The van der Waals surface area contributed by atoms with Gasteiger partial charge in [0.2, 0.25) is 0 Å². The number of carbonyl (C=O) groups excluding carboxylic acids is 1. The van der Waals surface area contributed by atoms with Gasteiger partial charge in [0.15, 0.2) is 5.71 Å². The Morgan fingerprint density at radius 1 is 1.26 bits per heavy atom. The van der Waals surface area contributed by atoms with Crippen molar-refractivity contribution < 1.29 is 17.9 Å². The summed E-state index contributed by atoms with van der Waals surface area (Å²) in [4.78, 5) is 16.4. The molecule has 0 spiro atoms. The topological polar surface area (TPSA) is 97.7 Å². The lowest BCUT2D eigenvalue weighted by atomic mass is 10.2. The molecule has 0 unspecified atom stereocenters. The van der Waals surface area contributed by atoms with Gasteiger partial charge in [0, 0.05) is 11.8 Å². The second kappa shape index (κ2) is 5.94. The van der Waals surface area contributed by atoms with Crippen LogP contribution in [0, 0.1) is 0 Å². The van der Waals surface area contributed by atoms with Gasteiger partial charge < -0.3 is 4.74 Å². The third kappa shape index (κ3) is 3.30. The number of esters is 1. The average Bonchev–Trinajstić information content (AvgIpc) is 3.03. The van der Waals surface area contributed by atoms with Crippen LogP contribution in [0.4, 0.5) is 0 Å². The summed E-state index contributed by atoms with van der Waals surface area (Å²) in [7, 11) is -2.83. The summed E-state index contributed by atoms with van der Waals surface area (Å²) in [6.07, 6.45) is 2.87. The molecule has 1 aliphatic rings. The fraction of sp³-hybridized carbons (Fsp3) is 0.0714. The lowest BCUT2D eigenvalue weighted by molar-refractivity contribution is -0.132. The monoisotopic (exact) mass is 349 g/mol. The van der Waals surface area contributed by atoms with E-state index in [0.717, 1.165) is 17.7 Å². The van der Waals surface area contributed by atoms with Crippen LogP contribution in [-0.4, -0.2) is 32.2 Å². The fourth-order valence-electron chi connectivity index (χ4n) is 1.92. The van der Waals surface area contributed by atoms with E-state index in [9.17, 15) is 13.2 Å². The van der Waals surface area contributed by atoms with Crippen molar-refractivity contribution in [2.75, 3.05) is 7.11 Å². The van der Waals surface area contributed by atoms with E-state index >= 15 is 0 Å². The summed E-state index contributed by atoms with van der Waals surface area (Å²) in [5.41, 5.74) is 0.876. The number of nitrogens with one attached hydrogen (secondary N) is 1. The zero-order valence-corrected chi connectivity index (χ0v) is 13.5. The van der Waals surface area contributed by atoms with Gasteiger partial charge in [-0.05, 0) is 6.08 Å². The molecule has 0 aliphatic carbocycles. The number of benzene rings is 1. The van der Waals surface area contributed by atoms with Crippen molar-refractivity contribution in [3.8, 4) is 10.6 Å². The number of ether oxygens (including phenoxy) is 1. The molecule has 0 atom stereocenters. The summed E-state index contributed by atoms with van der Waals surface area (Å²) in [6.45, 7) is 0. The Morgan fingerprint density at radius 3 is 2.70 bits per heavy atom. The molecular formula is C14H11N3O4S2. The first-order chi connectivity index (χ1) is 11.0. The molecule has 9 heteroatoms. The summed E-state index contributed by atoms with van der Waals surface area (Å²) in [5.74, 6) is -0.819. The minimum Gasteiger partial charge on any atom is -0.464 e. The largest absolute Gasteiger partial charge is 0.464 e. The highest BCUT2D eigenvalue weighted by Crippen LogP contribution is 2.29. The molecule has 0 amide bonds. The molecule has 0 fully saturated rings. The predicted molar refractivity (Wildman–Crippen MR) is 87.0 cm³/mol. The molecule has 118 valence electrons. The zero-order chi connectivity index (χ0) is 16.4. The number of rotatable bonds is 3. The minimum absolute atomic E-state index is 0.236. The van der Waals surface area contributed by atoms with E-state index in [1.54, 1.807) is 6.20 Å². The van der Waals surface area contributed by atoms with Crippen molar-refractivity contribution >= 4 is 38.9 Å². The van der Waals surface area contributed by atoms with Gasteiger partial charge in [0.05, 0.1) is 17.7 Å². The Labute approximate surface area is 136 Å². The van der Waals surface area contributed by atoms with Crippen molar-refractivity contribution in [1.29, 1.82) is 0 Å². The molecule has 0 saturated heterocycles. The molecule has 23 heavy (non-hydrogen) atoms. The number of carbonyl (C=O) groups is 1. The Balaban J connectivity index is 1.99. The first kappa shape index (κ1) is 15.4. The molecule has 1 aliphatic heterocycles. The van der Waals surface area contributed by atoms with Crippen molar-refractivity contribution in [2.45, 2.75) is 0 Å². The molecule has 0 radical (unpaired) electrons. The SMILES string of the molecule is COC(=O)C1=NS(=O)(=O)NC(c2cnc(-c3ccccc3)s2)=C1. The second-order valence-electron chi connectivity index (χ2n) is 4.50. The molecule has 1 N–H and O–H groups in total. The quantitative estimate of drug-likeness (QED) is 0.849. The lowest BCUT2D eigenvalue weighted by Crippen LogP contribution is -2.29. The normalized spacial score (nSPS) is 16.0. The highest BCUT2D eigenvalue weighted by Gasteiger charge is 2.24. The third-order valence-electron chi connectivity index (χ3n) is 2.92. The van der Waals surface area contributed by atoms with Crippen molar-refractivity contribution in [1.82, 2.24) is 9.71 Å². The van der Waals surface area contributed by atoms with E-state index in [-0.39, 0.29) is 11.4 Å². The summed E-state index contributed by atoms with van der Waals surface area (Å²) in [5, 5.41) is 0.739. The van der Waals surface area contributed by atoms with E-state index in [4.69, 9.17) is 0 Å². The smallest absolute Gasteiger partial charge is 0.357 e. The van der Waals surface area contributed by atoms with Gasteiger partial charge in [0.1, 0.15) is 5.01 Å². The highest BCUT2D eigenvalue weighted by molar-refractivity contribution is 7.88. The molecule has 1 aromatic heterocycles. The van der Waals surface area contributed by atoms with Crippen LogP contribution in [0.25, 0.3) is 16.3 Å². The maximum absolute atomic E-state index is 11.8. The van der Waals surface area contributed by atoms with Crippen LogP contribution in [0.2, 0.25) is 0 Å². The molecule has 2 aromatic rings. The van der Waals surface area contributed by atoms with E-state index in [1.165, 1.54) is 17.4 Å². The Hall–Kier alpha value is -2.52. The number of hydrogen-bond acceptors (Lipinski definition) is 6. The van der Waals surface area contributed by atoms with Crippen LogP contribution in [0.15, 0.2) is 47.0 Å². The first-order valence-electron chi connectivity index (χ1n) is 6.43. The lowest BCUT2D eigenvalue weighted by Gasteiger charge is -2.12. The van der Waals surface area contributed by atoms with Gasteiger partial charge in [-0.1, -0.05) is 30.3 Å². The summed E-state index contributed by atoms with van der Waals surface area (Å²) in [6, 6.07) is 9.49. The number of aromatic nitrogens is 1. The van der Waals surface area contributed by atoms with Gasteiger partial charge >= 0.3 is 16.2 Å². The molecule has 0 saturated carbocycles. The van der Waals surface area contributed by atoms with Crippen molar-refractivity contribution in [3.63, 3.8) is 0 Å². The summed E-state index contributed by atoms with van der Waals surface area (Å²) >= 11 is 1.30. The second-order valence-corrected chi connectivity index (χ2v) is 6.87. The predicted octanol–water partition coefficient (Wildman–Crippen LogP) is 1.61. The van der Waals surface area contributed by atoms with E-state index < -0.39 is 16.2 Å². The third-order valence-corrected chi connectivity index (χ3v) is 4.92. The van der Waals surface area contributed by atoms with E-state index in [0.29, 0.717) is 4.88 Å². The maximum Gasteiger partial charge on any atom is 0.357 e. The van der Waals surface area contributed by atoms with Crippen LogP contribution in [0.5, 0.6) is 0 Å². The molecule has 0 bridgehead atoms. The van der Waals surface area contributed by atoms with Gasteiger partial charge in [-0.3, -0.25) is 4.72 Å². The number of nitrogens with zero attached hydrogens (tertiary/aromatic N) is 2. The molecule has 1 aromatic carbocycles. The minimum atomic E-state index is -3.99. The van der Waals surface area contributed by atoms with E-state index in [2.05, 4.69) is 18.8 Å². The molecule has 7 nitrogen and oxygen atoms in total. The Kier molecular flexibility index (Phi) is 3.97. The fourth-order valence-corrected chi connectivity index (χ4v) is 3.75. The van der Waals surface area contributed by atoms with Gasteiger partial charge in [-0.2, -0.15) is 8.42 Å². The molecule has 3 rings (SSSR count). The van der Waals surface area contributed by atoms with Crippen LogP contribution in [0.1, 0.15) is 4.88 Å². The Morgan fingerprint density at radius 2 is 2.00 bits per heavy atom. The molecule has 2 heterocycles. The van der Waals surface area contributed by atoms with Gasteiger partial charge in [-0.25, -0.2) is 9.78 Å². The summed E-state index contributed by atoms with van der Waals surface area (Å²) < 4.78 is 33.7. The van der Waals surface area contributed by atoms with Crippen LogP contribution < -0.4 is 4.72 Å². The molecular weight excluding hydrogens is 338 g/mol. The highest BCUT2D eigenvalue weighted by atomic mass is 32.2. The standard InChI is InChI=1S/C14H11N3O4S2/c1-21-14(18)11-7-10(16-23(19,20)17-11)12-8-15-13(22-12)9-5-3-2-4-6-9/h2-8,16H,1H3. The number of hydrogen-bond donors (Lipinski definition) is 1. The van der Waals surface area contributed by atoms with E-state index in [1.807, 2.05) is 30.3 Å². The first-order valence-corrected chi connectivity index (χ1v) is 8.68. The van der Waals surface area contributed by atoms with Gasteiger partial charge in [0.25, 0.3) is 0 Å². The number of thiazole rings is 1. The maximum atomic E-state index is 11.8. The van der Waals surface area contributed by atoms with Crippen LogP contribution in [-0.2, 0) is 19.7 Å².